The van der Waals surface area contributed by atoms with Gasteiger partial charge in [-0.1, -0.05) is 31.4 Å². The van der Waals surface area contributed by atoms with Gasteiger partial charge < -0.3 is 8.92 Å². The lowest BCUT2D eigenvalue weighted by Crippen LogP contribution is -2.28. The minimum atomic E-state index is -3.73. The van der Waals surface area contributed by atoms with Gasteiger partial charge >= 0.3 is 16.1 Å². The first-order valence-corrected chi connectivity index (χ1v) is 9.10. The summed E-state index contributed by atoms with van der Waals surface area (Å²) in [4.78, 5) is 12.0. The minimum absolute atomic E-state index is 0.0405. The molecule has 2 rings (SSSR count). The molecule has 22 heavy (non-hydrogen) atoms. The second-order valence-corrected chi connectivity index (χ2v) is 7.61. The molecule has 1 aliphatic carbocycles. The van der Waals surface area contributed by atoms with Crippen LogP contribution >= 0.6 is 0 Å². The normalized spacial score (nSPS) is 16.5. The van der Waals surface area contributed by atoms with E-state index in [0.29, 0.717) is 12.8 Å². The van der Waals surface area contributed by atoms with Crippen LogP contribution in [0.5, 0.6) is 5.75 Å². The molecule has 0 atom stereocenters. The molecule has 0 radical (unpaired) electrons. The van der Waals surface area contributed by atoms with Crippen molar-refractivity contribution in [1.29, 1.82) is 0 Å². The molecular weight excluding hydrogens is 304 g/mol. The van der Waals surface area contributed by atoms with Crippen LogP contribution < -0.4 is 4.18 Å². The van der Waals surface area contributed by atoms with Gasteiger partial charge in [0.2, 0.25) is 0 Å². The smallest absolute Gasteiger partial charge is 0.342 e. The molecular formula is C16H22O5S. The third-order valence-electron chi connectivity index (χ3n) is 3.62. The molecule has 0 amide bonds. The number of hydrogen-bond donors (Lipinski definition) is 0. The predicted octanol–water partition coefficient (Wildman–Crippen LogP) is 3.29. The van der Waals surface area contributed by atoms with E-state index in [2.05, 4.69) is 0 Å². The summed E-state index contributed by atoms with van der Waals surface area (Å²) in [5.74, 6) is -0.539. The molecule has 0 heterocycles. The Labute approximate surface area is 131 Å². The summed E-state index contributed by atoms with van der Waals surface area (Å²) in [6.45, 7) is 3.47. The molecule has 0 unspecified atom stereocenters. The molecule has 6 heteroatoms. The van der Waals surface area contributed by atoms with Crippen LogP contribution in [-0.2, 0) is 14.9 Å². The lowest BCUT2D eigenvalue weighted by atomic mass is 10.0. The summed E-state index contributed by atoms with van der Waals surface area (Å²) in [7, 11) is -3.73. The Morgan fingerprint density at radius 1 is 1.14 bits per heavy atom. The van der Waals surface area contributed by atoms with Crippen LogP contribution in [0.2, 0.25) is 0 Å². The number of rotatable bonds is 5. The molecule has 1 aromatic rings. The van der Waals surface area contributed by atoms with Crippen molar-refractivity contribution < 1.29 is 22.1 Å². The van der Waals surface area contributed by atoms with Crippen LogP contribution in [0, 0.1) is 0 Å². The topological polar surface area (TPSA) is 69.7 Å². The summed E-state index contributed by atoms with van der Waals surface area (Å²) in [6, 6.07) is 6.28. The van der Waals surface area contributed by atoms with E-state index in [1.54, 1.807) is 26.0 Å². The average molecular weight is 326 g/mol. The zero-order valence-electron chi connectivity index (χ0n) is 12.9. The van der Waals surface area contributed by atoms with E-state index in [-0.39, 0.29) is 17.4 Å². The number of carbonyl (C=O) groups excluding carboxylic acids is 1. The first-order chi connectivity index (χ1) is 10.4. The van der Waals surface area contributed by atoms with Gasteiger partial charge in [0, 0.05) is 0 Å². The zero-order chi connectivity index (χ0) is 16.2. The Morgan fingerprint density at radius 3 is 2.41 bits per heavy atom. The van der Waals surface area contributed by atoms with Crippen molar-refractivity contribution in [2.75, 3.05) is 0 Å². The molecule has 1 saturated carbocycles. The highest BCUT2D eigenvalue weighted by molar-refractivity contribution is 7.87. The van der Waals surface area contributed by atoms with Crippen molar-refractivity contribution in [3.8, 4) is 5.75 Å². The average Bonchev–Trinajstić information content (AvgIpc) is 2.47. The van der Waals surface area contributed by atoms with Gasteiger partial charge in [0.05, 0.1) is 11.4 Å². The Bertz CT molecular complexity index is 615. The van der Waals surface area contributed by atoms with Gasteiger partial charge in [0.25, 0.3) is 0 Å². The fourth-order valence-electron chi connectivity index (χ4n) is 2.53. The van der Waals surface area contributed by atoms with Crippen molar-refractivity contribution in [2.45, 2.75) is 57.3 Å². The first kappa shape index (κ1) is 16.8. The van der Waals surface area contributed by atoms with Crippen LogP contribution in [-0.4, -0.2) is 25.7 Å². The summed E-state index contributed by atoms with van der Waals surface area (Å²) in [5, 5.41) is -0.490. The highest BCUT2D eigenvalue weighted by Crippen LogP contribution is 2.28. The molecule has 0 saturated heterocycles. The predicted molar refractivity (Wildman–Crippen MR) is 83.4 cm³/mol. The maximum Gasteiger partial charge on any atom is 0.342 e. The maximum atomic E-state index is 12.4. The van der Waals surface area contributed by atoms with Gasteiger partial charge in [-0.2, -0.15) is 8.42 Å². The molecule has 1 aromatic carbocycles. The molecule has 5 nitrogen and oxygen atoms in total. The fraction of sp³-hybridized carbons (Fsp3) is 0.562. The summed E-state index contributed by atoms with van der Waals surface area (Å²) < 4.78 is 35.1. The van der Waals surface area contributed by atoms with Gasteiger partial charge in [0.1, 0.15) is 5.56 Å². The number of hydrogen-bond acceptors (Lipinski definition) is 5. The number of ether oxygens (including phenoxy) is 1. The third kappa shape index (κ3) is 4.22. The van der Waals surface area contributed by atoms with E-state index in [9.17, 15) is 13.2 Å². The lowest BCUT2D eigenvalue weighted by molar-refractivity contribution is 0.0376. The van der Waals surface area contributed by atoms with E-state index in [4.69, 9.17) is 8.92 Å². The van der Waals surface area contributed by atoms with Crippen molar-refractivity contribution >= 4 is 16.1 Å². The van der Waals surface area contributed by atoms with Crippen molar-refractivity contribution in [3.05, 3.63) is 29.8 Å². The van der Waals surface area contributed by atoms with Crippen molar-refractivity contribution in [2.24, 2.45) is 0 Å². The summed E-state index contributed by atoms with van der Waals surface area (Å²) in [5.41, 5.74) is 0.135. The Hall–Kier alpha value is -1.56. The number of para-hydroxylation sites is 1. The third-order valence-corrected chi connectivity index (χ3v) is 5.32. The quantitative estimate of drug-likeness (QED) is 0.613. The maximum absolute atomic E-state index is 12.4. The molecule has 0 aromatic heterocycles. The van der Waals surface area contributed by atoms with Gasteiger partial charge in [-0.25, -0.2) is 4.79 Å². The van der Waals surface area contributed by atoms with Crippen LogP contribution in [0.1, 0.15) is 56.3 Å². The van der Waals surface area contributed by atoms with E-state index in [1.807, 2.05) is 0 Å². The second kappa shape index (κ2) is 7.13. The van der Waals surface area contributed by atoms with Crippen LogP contribution in [0.25, 0.3) is 0 Å². The van der Waals surface area contributed by atoms with E-state index in [0.717, 1.165) is 19.3 Å². The van der Waals surface area contributed by atoms with Crippen LogP contribution in [0.3, 0.4) is 0 Å². The monoisotopic (exact) mass is 326 g/mol. The molecule has 0 N–H and O–H groups in total. The number of benzene rings is 1. The summed E-state index contributed by atoms with van der Waals surface area (Å²) in [6.07, 6.45) is 3.79. The molecule has 0 spiro atoms. The highest BCUT2D eigenvalue weighted by Gasteiger charge is 2.30. The summed E-state index contributed by atoms with van der Waals surface area (Å²) >= 11 is 0. The standard InChI is InChI=1S/C16H22O5S/c1-12(2)20-16(17)14-10-6-7-11-15(14)21-22(18,19)13-8-4-3-5-9-13/h6-7,10-13H,3-5,8-9H2,1-2H3. The van der Waals surface area contributed by atoms with E-state index >= 15 is 0 Å². The second-order valence-electron chi connectivity index (χ2n) is 5.79. The molecule has 1 aliphatic rings. The SMILES string of the molecule is CC(C)OC(=O)c1ccccc1OS(=O)(=O)C1CCCCC1. The molecule has 0 aliphatic heterocycles. The number of esters is 1. The molecule has 122 valence electrons. The first-order valence-electron chi connectivity index (χ1n) is 7.63. The van der Waals surface area contributed by atoms with Crippen molar-refractivity contribution in [1.82, 2.24) is 0 Å². The van der Waals surface area contributed by atoms with Gasteiger partial charge in [-0.05, 0) is 38.8 Å². The van der Waals surface area contributed by atoms with Gasteiger partial charge in [-0.3, -0.25) is 0 Å². The van der Waals surface area contributed by atoms with Gasteiger partial charge in [0.15, 0.2) is 5.75 Å². The lowest BCUT2D eigenvalue weighted by Gasteiger charge is -2.22. The van der Waals surface area contributed by atoms with Gasteiger partial charge in [-0.15, -0.1) is 0 Å². The highest BCUT2D eigenvalue weighted by atomic mass is 32.2. The molecule has 1 fully saturated rings. The number of carbonyl (C=O) groups is 1. The Balaban J connectivity index is 2.20. The fourth-order valence-corrected chi connectivity index (χ4v) is 3.97. The van der Waals surface area contributed by atoms with Crippen LogP contribution in [0.4, 0.5) is 0 Å². The Morgan fingerprint density at radius 2 is 1.77 bits per heavy atom. The zero-order valence-corrected chi connectivity index (χ0v) is 13.8. The van der Waals surface area contributed by atoms with Crippen molar-refractivity contribution in [3.63, 3.8) is 0 Å². The molecule has 0 bridgehead atoms. The largest absolute Gasteiger partial charge is 0.459 e. The van der Waals surface area contributed by atoms with Crippen LogP contribution in [0.15, 0.2) is 24.3 Å². The Kier molecular flexibility index (Phi) is 5.45. The van der Waals surface area contributed by atoms with E-state index < -0.39 is 21.3 Å². The van der Waals surface area contributed by atoms with E-state index in [1.165, 1.54) is 12.1 Å². The minimum Gasteiger partial charge on any atom is -0.459 e.